The summed E-state index contributed by atoms with van der Waals surface area (Å²) in [4.78, 5) is 32.4. The lowest BCUT2D eigenvalue weighted by Crippen LogP contribution is -2.19. The first-order valence-electron chi connectivity index (χ1n) is 16.1. The van der Waals surface area contributed by atoms with Gasteiger partial charge in [-0.1, -0.05) is 31.4 Å². The number of carbonyl (C=O) groups excluding carboxylic acids is 1. The normalized spacial score (nSPS) is 13.9. The molecule has 0 spiro atoms. The molecule has 4 aromatic heterocycles. The fourth-order valence-electron chi connectivity index (χ4n) is 6.26. The topological polar surface area (TPSA) is 125 Å². The summed E-state index contributed by atoms with van der Waals surface area (Å²) in [5.74, 6) is 1.09. The van der Waals surface area contributed by atoms with E-state index in [2.05, 4.69) is 25.5 Å². The number of halogens is 1. The lowest BCUT2D eigenvalue weighted by Gasteiger charge is -2.20. The Morgan fingerprint density at radius 1 is 0.979 bits per heavy atom. The summed E-state index contributed by atoms with van der Waals surface area (Å²) < 4.78 is 20.5. The van der Waals surface area contributed by atoms with E-state index >= 15 is 0 Å². The first-order valence-corrected chi connectivity index (χ1v) is 16.1. The van der Waals surface area contributed by atoms with Gasteiger partial charge in [0, 0.05) is 36.4 Å². The Morgan fingerprint density at radius 3 is 2.70 bits per heavy atom. The molecule has 10 nitrogen and oxygen atoms in total. The van der Waals surface area contributed by atoms with E-state index in [1.54, 1.807) is 12.4 Å². The van der Waals surface area contributed by atoms with Crippen LogP contribution in [0.15, 0.2) is 67.0 Å². The molecule has 1 saturated carbocycles. The van der Waals surface area contributed by atoms with Crippen LogP contribution in [-0.4, -0.2) is 68.2 Å². The molecule has 47 heavy (non-hydrogen) atoms. The Balaban J connectivity index is 1.16. The van der Waals surface area contributed by atoms with Gasteiger partial charge in [0.05, 0.1) is 34.1 Å². The predicted octanol–water partition coefficient (Wildman–Crippen LogP) is 7.22. The van der Waals surface area contributed by atoms with Crippen molar-refractivity contribution < 1.29 is 13.9 Å². The maximum Gasteiger partial charge on any atom is 0.224 e. The van der Waals surface area contributed by atoms with Gasteiger partial charge in [-0.2, -0.15) is 5.10 Å². The van der Waals surface area contributed by atoms with E-state index in [1.807, 2.05) is 61.5 Å². The number of aromatic nitrogens is 6. The Kier molecular flexibility index (Phi) is 8.62. The molecule has 0 bridgehead atoms. The van der Waals surface area contributed by atoms with E-state index in [0.717, 1.165) is 41.5 Å². The molecule has 0 saturated heterocycles. The quantitative estimate of drug-likeness (QED) is 0.146. The lowest BCUT2D eigenvalue weighted by molar-refractivity contribution is -0.117. The summed E-state index contributed by atoms with van der Waals surface area (Å²) in [5.41, 5.74) is 6.95. The van der Waals surface area contributed by atoms with E-state index in [0.29, 0.717) is 64.2 Å². The predicted molar refractivity (Wildman–Crippen MR) is 181 cm³/mol. The van der Waals surface area contributed by atoms with Crippen molar-refractivity contribution in [3.63, 3.8) is 0 Å². The average Bonchev–Trinajstić information content (AvgIpc) is 3.69. The van der Waals surface area contributed by atoms with E-state index in [4.69, 9.17) is 14.7 Å². The Hall–Kier alpha value is -5.16. The van der Waals surface area contributed by atoms with Crippen LogP contribution in [-0.2, 0) is 4.79 Å². The zero-order valence-electron chi connectivity index (χ0n) is 26.5. The van der Waals surface area contributed by atoms with Crippen LogP contribution in [0.2, 0.25) is 0 Å². The fourth-order valence-corrected chi connectivity index (χ4v) is 6.26. The zero-order chi connectivity index (χ0) is 32.3. The highest BCUT2D eigenvalue weighted by molar-refractivity contribution is 5.97. The van der Waals surface area contributed by atoms with E-state index in [9.17, 15) is 9.18 Å². The van der Waals surface area contributed by atoms with Gasteiger partial charge >= 0.3 is 0 Å². The Bertz CT molecular complexity index is 2050. The molecule has 1 fully saturated rings. The summed E-state index contributed by atoms with van der Waals surface area (Å²) in [7, 11) is 3.93. The third-order valence-electron chi connectivity index (χ3n) is 8.65. The second-order valence-corrected chi connectivity index (χ2v) is 12.5. The van der Waals surface area contributed by atoms with Gasteiger partial charge in [0.25, 0.3) is 0 Å². The number of hydrogen-bond donors (Lipinski definition) is 3. The van der Waals surface area contributed by atoms with E-state index < -0.39 is 0 Å². The van der Waals surface area contributed by atoms with Crippen LogP contribution in [0.3, 0.4) is 0 Å². The molecule has 6 aromatic rings. The molecule has 0 unspecified atom stereocenters. The van der Waals surface area contributed by atoms with Gasteiger partial charge in [0.1, 0.15) is 23.7 Å². The van der Waals surface area contributed by atoms with Crippen molar-refractivity contribution in [1.82, 2.24) is 35.0 Å². The molecule has 1 aliphatic carbocycles. The number of hydrogen-bond acceptors (Lipinski definition) is 7. The van der Waals surface area contributed by atoms with Gasteiger partial charge in [0.15, 0.2) is 11.5 Å². The molecule has 0 atom stereocenters. The van der Waals surface area contributed by atoms with Crippen molar-refractivity contribution in [2.75, 3.05) is 32.6 Å². The number of nitrogens with one attached hydrogen (secondary N) is 3. The van der Waals surface area contributed by atoms with Gasteiger partial charge in [0.2, 0.25) is 5.91 Å². The number of amides is 1. The molecule has 11 heteroatoms. The third kappa shape index (κ3) is 6.85. The van der Waals surface area contributed by atoms with Crippen LogP contribution in [0.4, 0.5) is 10.1 Å². The number of imidazole rings is 1. The standard InChI is InChI=1S/C36H37FN8O2/c1-45(2)13-14-47-27-18-23(16-25(37)19-27)28-9-6-10-30-33(28)42-36(41-30)35-34-31(43-44-35)12-11-29(40-34)24-17-26(21-38-20-24)39-32(46)15-22-7-4-3-5-8-22/h6,9-12,16-22H,3-5,7-8,13-15H2,1-2H3,(H,39,46)(H,41,42)(H,43,44). The number of fused-ring (bicyclic) bond motifs is 2. The third-order valence-corrected chi connectivity index (χ3v) is 8.65. The van der Waals surface area contributed by atoms with Crippen LogP contribution >= 0.6 is 0 Å². The number of benzene rings is 2. The minimum atomic E-state index is -0.382. The van der Waals surface area contributed by atoms with Crippen LogP contribution < -0.4 is 10.1 Å². The number of anilines is 1. The zero-order valence-corrected chi connectivity index (χ0v) is 26.5. The van der Waals surface area contributed by atoms with Gasteiger partial charge in [-0.25, -0.2) is 14.4 Å². The highest BCUT2D eigenvalue weighted by Gasteiger charge is 2.19. The maximum absolute atomic E-state index is 14.7. The van der Waals surface area contributed by atoms with Crippen molar-refractivity contribution in [3.05, 3.63) is 72.8 Å². The largest absolute Gasteiger partial charge is 0.492 e. The van der Waals surface area contributed by atoms with Crippen molar-refractivity contribution in [3.8, 4) is 39.7 Å². The SMILES string of the molecule is CN(C)CCOc1cc(F)cc(-c2cccc3[nH]c(-c4n[nH]c5ccc(-c6cncc(NC(=O)CC7CCCCC7)c6)nc45)nc23)c1. The molecule has 0 radical (unpaired) electrons. The summed E-state index contributed by atoms with van der Waals surface area (Å²) in [6.07, 6.45) is 9.84. The molecule has 1 amide bonds. The Morgan fingerprint density at radius 2 is 1.85 bits per heavy atom. The summed E-state index contributed by atoms with van der Waals surface area (Å²) >= 11 is 0. The number of H-pyrrole nitrogens is 2. The number of aromatic amines is 2. The van der Waals surface area contributed by atoms with Crippen LogP contribution in [0, 0.1) is 11.7 Å². The van der Waals surface area contributed by atoms with Gasteiger partial charge in [-0.05, 0) is 74.8 Å². The molecule has 240 valence electrons. The number of nitrogens with zero attached hydrogens (tertiary/aromatic N) is 5. The summed E-state index contributed by atoms with van der Waals surface area (Å²) in [6.45, 7) is 1.17. The molecular weight excluding hydrogens is 595 g/mol. The van der Waals surface area contributed by atoms with E-state index in [-0.39, 0.29) is 11.7 Å². The number of carbonyl (C=O) groups is 1. The number of para-hydroxylation sites is 1. The molecule has 1 aliphatic rings. The van der Waals surface area contributed by atoms with Crippen molar-refractivity contribution in [1.29, 1.82) is 0 Å². The van der Waals surface area contributed by atoms with E-state index in [1.165, 1.54) is 31.4 Å². The van der Waals surface area contributed by atoms with Crippen LogP contribution in [0.5, 0.6) is 5.75 Å². The molecule has 2 aromatic carbocycles. The molecule has 0 aliphatic heterocycles. The minimum Gasteiger partial charge on any atom is -0.492 e. The number of likely N-dealkylation sites (N-methyl/N-ethyl adjacent to an activating group) is 1. The summed E-state index contributed by atoms with van der Waals surface area (Å²) in [6, 6.07) is 16.2. The number of ether oxygens (including phenoxy) is 1. The minimum absolute atomic E-state index is 0.0203. The molecular formula is C36H37FN8O2. The molecule has 7 rings (SSSR count). The average molecular weight is 633 g/mol. The van der Waals surface area contributed by atoms with Crippen LogP contribution in [0.1, 0.15) is 38.5 Å². The Labute approximate surface area is 271 Å². The van der Waals surface area contributed by atoms with Gasteiger partial charge in [-0.15, -0.1) is 0 Å². The number of rotatable bonds is 10. The monoisotopic (exact) mass is 632 g/mol. The second-order valence-electron chi connectivity index (χ2n) is 12.5. The first kappa shape index (κ1) is 30.5. The van der Waals surface area contributed by atoms with Gasteiger partial charge in [-0.3, -0.25) is 14.9 Å². The first-order chi connectivity index (χ1) is 22.9. The lowest BCUT2D eigenvalue weighted by atomic mass is 9.87. The smallest absolute Gasteiger partial charge is 0.224 e. The second kappa shape index (κ2) is 13.3. The van der Waals surface area contributed by atoms with Gasteiger partial charge < -0.3 is 19.9 Å². The van der Waals surface area contributed by atoms with Crippen LogP contribution in [0.25, 0.3) is 56.0 Å². The molecule has 4 heterocycles. The van der Waals surface area contributed by atoms with Crippen molar-refractivity contribution in [2.24, 2.45) is 5.92 Å². The van der Waals surface area contributed by atoms with Crippen molar-refractivity contribution in [2.45, 2.75) is 38.5 Å². The highest BCUT2D eigenvalue weighted by atomic mass is 19.1. The molecule has 3 N–H and O–H groups in total. The number of pyridine rings is 2. The summed E-state index contributed by atoms with van der Waals surface area (Å²) in [5, 5.41) is 10.6. The fraction of sp³-hybridized carbons (Fsp3) is 0.306. The van der Waals surface area contributed by atoms with Crippen molar-refractivity contribution >= 4 is 33.7 Å². The highest BCUT2D eigenvalue weighted by Crippen LogP contribution is 2.34. The maximum atomic E-state index is 14.7.